The van der Waals surface area contributed by atoms with Gasteiger partial charge in [-0.25, -0.2) is 4.98 Å². The lowest BCUT2D eigenvalue weighted by molar-refractivity contribution is 0.101. The number of carbonyl (C=O) groups is 1. The number of aromatic nitrogens is 1. The van der Waals surface area contributed by atoms with E-state index >= 15 is 0 Å². The van der Waals surface area contributed by atoms with Crippen LogP contribution in [-0.4, -0.2) is 35.1 Å². The van der Waals surface area contributed by atoms with Gasteiger partial charge in [0.15, 0.2) is 5.78 Å². The first-order valence-corrected chi connectivity index (χ1v) is 6.99. The third-order valence-electron chi connectivity index (χ3n) is 3.85. The van der Waals surface area contributed by atoms with Crippen molar-refractivity contribution in [1.29, 1.82) is 0 Å². The molecule has 1 aromatic heterocycles. The first kappa shape index (κ1) is 13.1. The third kappa shape index (κ3) is 2.39. The van der Waals surface area contributed by atoms with E-state index in [-0.39, 0.29) is 11.9 Å². The van der Waals surface area contributed by atoms with Crippen molar-refractivity contribution in [2.75, 3.05) is 18.0 Å². The van der Waals surface area contributed by atoms with Gasteiger partial charge in [0, 0.05) is 18.5 Å². The summed E-state index contributed by atoms with van der Waals surface area (Å²) >= 11 is 0. The maximum atomic E-state index is 11.9. The molecule has 104 valence electrons. The van der Waals surface area contributed by atoms with Gasteiger partial charge < -0.3 is 10.0 Å². The van der Waals surface area contributed by atoms with Crippen molar-refractivity contribution in [2.45, 2.75) is 25.9 Å². The molecule has 3 rings (SSSR count). The number of nitrogens with zero attached hydrogens (tertiary/aromatic N) is 2. The van der Waals surface area contributed by atoms with Gasteiger partial charge in [-0.1, -0.05) is 18.2 Å². The fraction of sp³-hybridized carbons (Fsp3) is 0.375. The van der Waals surface area contributed by atoms with Gasteiger partial charge in [0.05, 0.1) is 17.2 Å². The standard InChI is InChI=1S/C16H18N2O2/c1-11(19)14-10-12-4-2-3-5-15(12)17-16(14)18-8-6-13(20)7-9-18/h2-5,10,13,20H,6-9H2,1H3. The minimum absolute atomic E-state index is 0.0318. The van der Waals surface area contributed by atoms with Crippen LogP contribution in [0.5, 0.6) is 0 Å². The number of piperidine rings is 1. The Kier molecular flexibility index (Phi) is 3.40. The van der Waals surface area contributed by atoms with E-state index < -0.39 is 0 Å². The summed E-state index contributed by atoms with van der Waals surface area (Å²) < 4.78 is 0. The highest BCUT2D eigenvalue weighted by Crippen LogP contribution is 2.26. The Hall–Kier alpha value is -1.94. The Morgan fingerprint density at radius 1 is 1.30 bits per heavy atom. The van der Waals surface area contributed by atoms with Crippen molar-refractivity contribution in [3.8, 4) is 0 Å². The molecule has 0 saturated carbocycles. The number of hydrogen-bond donors (Lipinski definition) is 1. The molecule has 1 aliphatic heterocycles. The monoisotopic (exact) mass is 270 g/mol. The smallest absolute Gasteiger partial charge is 0.163 e. The minimum atomic E-state index is -0.229. The number of benzene rings is 1. The third-order valence-corrected chi connectivity index (χ3v) is 3.85. The molecule has 0 unspecified atom stereocenters. The van der Waals surface area contributed by atoms with Crippen LogP contribution in [-0.2, 0) is 0 Å². The summed E-state index contributed by atoms with van der Waals surface area (Å²) in [4.78, 5) is 18.7. The molecule has 1 N–H and O–H groups in total. The molecule has 0 radical (unpaired) electrons. The quantitative estimate of drug-likeness (QED) is 0.851. The molecule has 4 nitrogen and oxygen atoms in total. The first-order chi connectivity index (χ1) is 9.65. The molecule has 0 spiro atoms. The van der Waals surface area contributed by atoms with E-state index in [9.17, 15) is 9.90 Å². The Balaban J connectivity index is 2.07. The van der Waals surface area contributed by atoms with Crippen LogP contribution in [0.3, 0.4) is 0 Å². The molecule has 4 heteroatoms. The first-order valence-electron chi connectivity index (χ1n) is 6.99. The van der Waals surface area contributed by atoms with Crippen molar-refractivity contribution in [1.82, 2.24) is 4.98 Å². The molecule has 20 heavy (non-hydrogen) atoms. The van der Waals surface area contributed by atoms with E-state index in [0.717, 1.165) is 42.7 Å². The second kappa shape index (κ2) is 5.21. The number of carbonyl (C=O) groups excluding carboxylic acids is 1. The molecule has 2 heterocycles. The summed E-state index contributed by atoms with van der Waals surface area (Å²) in [7, 11) is 0. The Morgan fingerprint density at radius 3 is 2.70 bits per heavy atom. The lowest BCUT2D eigenvalue weighted by Crippen LogP contribution is -2.37. The number of rotatable bonds is 2. The van der Waals surface area contributed by atoms with Crippen molar-refractivity contribution >= 4 is 22.5 Å². The van der Waals surface area contributed by atoms with Gasteiger partial charge in [-0.15, -0.1) is 0 Å². The van der Waals surface area contributed by atoms with Crippen LogP contribution >= 0.6 is 0 Å². The van der Waals surface area contributed by atoms with E-state index in [4.69, 9.17) is 0 Å². The lowest BCUT2D eigenvalue weighted by atomic mass is 10.0. The van der Waals surface area contributed by atoms with Crippen LogP contribution in [0, 0.1) is 0 Å². The summed E-state index contributed by atoms with van der Waals surface area (Å²) in [5, 5.41) is 10.6. The topological polar surface area (TPSA) is 53.4 Å². The van der Waals surface area contributed by atoms with Crippen LogP contribution in [0.2, 0.25) is 0 Å². The van der Waals surface area contributed by atoms with E-state index in [0.29, 0.717) is 5.56 Å². The molecule has 1 aromatic carbocycles. The molecular weight excluding hydrogens is 252 g/mol. The van der Waals surface area contributed by atoms with E-state index in [1.807, 2.05) is 30.3 Å². The number of Topliss-reactive ketones (excluding diaryl/α,β-unsaturated/α-hetero) is 1. The fourth-order valence-corrected chi connectivity index (χ4v) is 2.68. The Morgan fingerprint density at radius 2 is 2.00 bits per heavy atom. The van der Waals surface area contributed by atoms with Crippen LogP contribution < -0.4 is 4.90 Å². The lowest BCUT2D eigenvalue weighted by Gasteiger charge is -2.31. The molecule has 0 bridgehead atoms. The van der Waals surface area contributed by atoms with Gasteiger partial charge in [0.2, 0.25) is 0 Å². The van der Waals surface area contributed by atoms with E-state index in [1.165, 1.54) is 0 Å². The highest BCUT2D eigenvalue weighted by Gasteiger charge is 2.22. The van der Waals surface area contributed by atoms with Gasteiger partial charge in [-0.05, 0) is 31.9 Å². The maximum Gasteiger partial charge on any atom is 0.163 e. The van der Waals surface area contributed by atoms with Gasteiger partial charge >= 0.3 is 0 Å². The molecular formula is C16H18N2O2. The second-order valence-electron chi connectivity index (χ2n) is 5.33. The highest BCUT2D eigenvalue weighted by molar-refractivity contribution is 6.02. The van der Waals surface area contributed by atoms with E-state index in [1.54, 1.807) is 6.92 Å². The van der Waals surface area contributed by atoms with Crippen molar-refractivity contribution < 1.29 is 9.90 Å². The van der Waals surface area contributed by atoms with E-state index in [2.05, 4.69) is 9.88 Å². The van der Waals surface area contributed by atoms with Gasteiger partial charge in [0.25, 0.3) is 0 Å². The number of anilines is 1. The normalized spacial score (nSPS) is 16.6. The number of aliphatic hydroxyl groups excluding tert-OH is 1. The number of aliphatic hydroxyl groups is 1. The molecule has 0 aliphatic carbocycles. The van der Waals surface area contributed by atoms with Gasteiger partial charge in [-0.3, -0.25) is 4.79 Å². The van der Waals surface area contributed by atoms with Crippen molar-refractivity contribution in [2.24, 2.45) is 0 Å². The zero-order valence-corrected chi connectivity index (χ0v) is 11.5. The number of ketones is 1. The predicted octanol–water partition coefficient (Wildman–Crippen LogP) is 2.40. The van der Waals surface area contributed by atoms with Crippen molar-refractivity contribution in [3.63, 3.8) is 0 Å². The Bertz CT molecular complexity index is 646. The summed E-state index contributed by atoms with van der Waals surface area (Å²) in [6.45, 7) is 3.06. The molecule has 1 saturated heterocycles. The Labute approximate surface area is 118 Å². The minimum Gasteiger partial charge on any atom is -0.393 e. The average molecular weight is 270 g/mol. The molecule has 1 aliphatic rings. The van der Waals surface area contributed by atoms with Crippen molar-refractivity contribution in [3.05, 3.63) is 35.9 Å². The fourth-order valence-electron chi connectivity index (χ4n) is 2.68. The largest absolute Gasteiger partial charge is 0.393 e. The SMILES string of the molecule is CC(=O)c1cc2ccccc2nc1N1CCC(O)CC1. The van der Waals surface area contributed by atoms with Crippen LogP contribution in [0.4, 0.5) is 5.82 Å². The predicted molar refractivity (Wildman–Crippen MR) is 79.2 cm³/mol. The van der Waals surface area contributed by atoms with Crippen LogP contribution in [0.1, 0.15) is 30.1 Å². The summed E-state index contributed by atoms with van der Waals surface area (Å²) in [5.41, 5.74) is 1.57. The van der Waals surface area contributed by atoms with Gasteiger partial charge in [-0.2, -0.15) is 0 Å². The number of hydrogen-bond acceptors (Lipinski definition) is 4. The number of pyridine rings is 1. The molecule has 0 atom stereocenters. The average Bonchev–Trinajstić information content (AvgIpc) is 2.46. The number of para-hydroxylation sites is 1. The zero-order valence-electron chi connectivity index (χ0n) is 11.5. The number of fused-ring (bicyclic) bond motifs is 1. The summed E-state index contributed by atoms with van der Waals surface area (Å²) in [6.07, 6.45) is 1.23. The van der Waals surface area contributed by atoms with Crippen LogP contribution in [0.25, 0.3) is 10.9 Å². The zero-order chi connectivity index (χ0) is 14.1. The maximum absolute atomic E-state index is 11.9. The highest BCUT2D eigenvalue weighted by atomic mass is 16.3. The molecule has 1 fully saturated rings. The van der Waals surface area contributed by atoms with Crippen LogP contribution in [0.15, 0.2) is 30.3 Å². The molecule has 2 aromatic rings. The summed E-state index contributed by atoms with van der Waals surface area (Å²) in [6, 6.07) is 9.75. The summed E-state index contributed by atoms with van der Waals surface area (Å²) in [5.74, 6) is 0.785. The second-order valence-corrected chi connectivity index (χ2v) is 5.33. The van der Waals surface area contributed by atoms with Gasteiger partial charge in [0.1, 0.15) is 5.82 Å². The molecule has 0 amide bonds.